The first-order valence-electron chi connectivity index (χ1n) is 37.8. The molecule has 12 rings (SSSR count). The second kappa shape index (κ2) is 40.4. The van der Waals surface area contributed by atoms with Crippen LogP contribution in [0.1, 0.15) is 72.9 Å². The van der Waals surface area contributed by atoms with Gasteiger partial charge in [-0.2, -0.15) is 0 Å². The summed E-state index contributed by atoms with van der Waals surface area (Å²) in [5, 5.41) is 32.1. The number of hydrogen-bond acceptors (Lipinski definition) is 35. The Bertz CT molecular complexity index is 5770. The van der Waals surface area contributed by atoms with Crippen LogP contribution < -0.4 is 54.8 Å². The predicted octanol–water partition coefficient (Wildman–Crippen LogP) is -4.13. The first kappa shape index (κ1) is 90.4. The van der Waals surface area contributed by atoms with E-state index in [1.807, 2.05) is 30.2 Å². The van der Waals surface area contributed by atoms with E-state index in [0.29, 0.717) is 22.8 Å². The van der Waals surface area contributed by atoms with Crippen LogP contribution in [0.3, 0.4) is 0 Å². The van der Waals surface area contributed by atoms with Crippen molar-refractivity contribution in [2.45, 2.75) is 120 Å². The number of amides is 3. The number of phosphoric ester groups is 1. The number of piperazine rings is 1. The van der Waals surface area contributed by atoms with Crippen molar-refractivity contribution in [3.63, 3.8) is 0 Å². The average Bonchev–Trinajstić information content (AvgIpc) is 1.61. The number of nitrogen functional groups attached to an aromatic ring is 2. The van der Waals surface area contributed by atoms with Gasteiger partial charge in [-0.25, -0.2) is 44.7 Å². The summed E-state index contributed by atoms with van der Waals surface area (Å²) in [5.41, 5.74) is 23.3. The number of aromatic amines is 2. The lowest BCUT2D eigenvalue weighted by Gasteiger charge is -2.43. The zero-order valence-corrected chi connectivity index (χ0v) is 67.9. The summed E-state index contributed by atoms with van der Waals surface area (Å²) in [6, 6.07) is 9.33. The molecule has 3 fully saturated rings. The monoisotopic (exact) mass is 1730 g/mol. The third-order valence-corrected chi connectivity index (χ3v) is 22.7. The number of fused-ring (bicyclic) bond motifs is 3. The van der Waals surface area contributed by atoms with Gasteiger partial charge in [0.2, 0.25) is 17.7 Å². The smallest absolute Gasteiger partial charge is 0.330 e. The van der Waals surface area contributed by atoms with Gasteiger partial charge in [0.1, 0.15) is 105 Å². The number of nitrogens with one attached hydrogen (secondary N) is 3. The van der Waals surface area contributed by atoms with E-state index in [9.17, 15) is 77.1 Å². The van der Waals surface area contributed by atoms with E-state index in [2.05, 4.69) is 103 Å². The number of hydrogen-bond donors (Lipinski definition) is 10. The molecule has 14 N–H and O–H groups in total. The van der Waals surface area contributed by atoms with Gasteiger partial charge in [0.25, 0.3) is 18.9 Å². The largest absolute Gasteiger partial charge is 0.783 e. The maximum atomic E-state index is 13.6. The van der Waals surface area contributed by atoms with E-state index >= 15 is 0 Å². The first-order chi connectivity index (χ1) is 58.1. The second-order valence-corrected chi connectivity index (χ2v) is 32.0. The summed E-state index contributed by atoms with van der Waals surface area (Å²) in [6.07, 6.45) is 1.65. The van der Waals surface area contributed by atoms with Crippen molar-refractivity contribution in [2.24, 2.45) is 11.5 Å². The van der Waals surface area contributed by atoms with Crippen LogP contribution in [-0.2, 0) is 90.2 Å². The molecular weight excluding hydrogens is 1640 g/mol. The third kappa shape index (κ3) is 23.2. The molecule has 3 amide bonds. The van der Waals surface area contributed by atoms with Gasteiger partial charge in [-0.05, 0) is 39.9 Å². The number of H-pyrrole nitrogens is 2. The third-order valence-electron chi connectivity index (χ3n) is 19.8. The number of likely N-dealkylation sites (N-methyl/N-ethyl adjacent to an activating group) is 2. The summed E-state index contributed by atoms with van der Waals surface area (Å²) in [4.78, 5) is 195. The van der Waals surface area contributed by atoms with Crippen LogP contribution in [0.5, 0.6) is 0 Å². The number of carboxylic acids is 2. The van der Waals surface area contributed by atoms with Crippen molar-refractivity contribution < 1.29 is 95.8 Å². The van der Waals surface area contributed by atoms with Gasteiger partial charge in [0.15, 0.2) is 29.2 Å². The van der Waals surface area contributed by atoms with Crippen LogP contribution in [0, 0.1) is 37.5 Å². The maximum absolute atomic E-state index is 13.6. The van der Waals surface area contributed by atoms with Crippen LogP contribution in [-0.4, -0.2) is 284 Å². The number of carboxylic acid groups (broad SMARTS) is 2. The Hall–Kier alpha value is -12.3. The lowest BCUT2D eigenvalue weighted by Crippen LogP contribution is -2.57. The Balaban J connectivity index is 0.000000240. The highest BCUT2D eigenvalue weighted by atomic mass is 31.2. The van der Waals surface area contributed by atoms with E-state index in [4.69, 9.17) is 56.0 Å². The highest BCUT2D eigenvalue weighted by Gasteiger charge is 2.44. The van der Waals surface area contributed by atoms with E-state index < -0.39 is 143 Å². The number of esters is 2. The summed E-state index contributed by atoms with van der Waals surface area (Å²) < 4.78 is 65.3. The molecule has 3 aliphatic rings. The number of imidazole rings is 3. The Morgan fingerprint density at radius 2 is 1.43 bits per heavy atom. The number of anilines is 2. The molecular formula is C73H88N24O23P2-2. The molecule has 49 heteroatoms. The first-order valence-corrected chi connectivity index (χ1v) is 41.0. The number of aliphatic hydroxyl groups is 1. The number of aromatic nitrogens is 15. The van der Waals surface area contributed by atoms with Crippen LogP contribution in [0.4, 0.5) is 11.6 Å². The zero-order chi connectivity index (χ0) is 87.9. The molecule has 11 atom stereocenters. The fourth-order valence-electron chi connectivity index (χ4n) is 13.6. The van der Waals surface area contributed by atoms with Gasteiger partial charge < -0.3 is 115 Å². The predicted molar refractivity (Wildman–Crippen MR) is 423 cm³/mol. The minimum Gasteiger partial charge on any atom is -0.783 e. The van der Waals surface area contributed by atoms with Crippen molar-refractivity contribution in [1.29, 1.82) is 0 Å². The molecule has 0 saturated carbocycles. The van der Waals surface area contributed by atoms with Gasteiger partial charge in [-0.3, -0.25) is 71.1 Å². The summed E-state index contributed by atoms with van der Waals surface area (Å²) in [7, 11) is -5.69. The summed E-state index contributed by atoms with van der Waals surface area (Å²) in [6.45, 7) is 1.69. The van der Waals surface area contributed by atoms with Crippen molar-refractivity contribution in [2.75, 3.05) is 104 Å². The second-order valence-electron chi connectivity index (χ2n) is 28.6. The lowest BCUT2D eigenvalue weighted by atomic mass is 10.0. The molecule has 8 aromatic heterocycles. The number of carbonyl (C=O) groups is 7. The van der Waals surface area contributed by atoms with Crippen LogP contribution in [0.25, 0.3) is 33.4 Å². The number of carbonyl (C=O) groups excluding carboxylic acids is 5. The zero-order valence-electron chi connectivity index (χ0n) is 66.2. The molecule has 0 radical (unpaired) electrons. The number of phosphoric acid groups is 1. The minimum atomic E-state index is -5.31. The standard InChI is InChI=1S/C43H54N14O8.C30H36N10O15P2/c1-28-50-42-39(43(64)51-28)49-27-57(42)23-35(60)54(15-13-44)21-33(58)46-14-16-55(24-36(61)62)34(59)22-56-18-30(38-40(45)47-26-48-41(38)56)11-7-8-12-37(63)65-25-32-20-52(2)31(19-53(32)3)17-29-9-5-4-6-10-29;1-15-33-4-5-40(15)56(47,48)12-21-19(9-23(54-21)39-14-36-25-26(32)34-13-35-27(25)39)55-57(49,50)52-11-20-18(41)8-22(53-20)38-10-16(28(44)37-30(38)46)3-2-6-51-29(45)17(31)7-24(42)43/h4-6,9-10,18,26-27,31-32H,8,12-17,19-25,44H2,1-3H3,(H,46,58)(H,61,62)(H2,45,47,48)(H,50,51,64);4-5,10,13-14,17-23,41H,6-9,11-12,31H2,1H3,(H,42,43)(H,47,48)(H,49,50)(H2,32,34,35)(H,37,44,46)/p-2/t;17?,18?,19?,20-,21-,22-,23-/m.1/s1. The molecule has 650 valence electrons. The fourth-order valence-corrected chi connectivity index (χ4v) is 16.3. The van der Waals surface area contributed by atoms with Crippen molar-refractivity contribution >= 4 is 102 Å². The van der Waals surface area contributed by atoms with Crippen LogP contribution >= 0.6 is 15.3 Å². The molecule has 9 aromatic rings. The average molecular weight is 1730 g/mol. The molecule has 1 aromatic carbocycles. The lowest BCUT2D eigenvalue weighted by molar-refractivity contribution is -0.234. The molecule has 7 unspecified atom stereocenters. The number of rotatable bonds is 33. The molecule has 0 aliphatic carbocycles. The molecule has 0 spiro atoms. The molecule has 3 saturated heterocycles. The van der Waals surface area contributed by atoms with E-state index in [0.717, 1.165) is 39.5 Å². The Morgan fingerprint density at radius 3 is 2.15 bits per heavy atom. The molecule has 3 aliphatic heterocycles. The molecule has 0 bridgehead atoms. The summed E-state index contributed by atoms with van der Waals surface area (Å²) >= 11 is 0. The number of ether oxygens (including phenoxy) is 4. The number of nitrogens with two attached hydrogens (primary N) is 4. The highest BCUT2D eigenvalue weighted by molar-refractivity contribution is 7.55. The summed E-state index contributed by atoms with van der Waals surface area (Å²) in [5.74, 6) is 5.76. The Morgan fingerprint density at radius 1 is 0.746 bits per heavy atom. The van der Waals surface area contributed by atoms with E-state index in [1.165, 1.54) is 68.8 Å². The van der Waals surface area contributed by atoms with Gasteiger partial charge in [0, 0.05) is 95.5 Å². The van der Waals surface area contributed by atoms with Gasteiger partial charge in [-0.1, -0.05) is 54.0 Å². The number of aliphatic carboxylic acids is 2. The van der Waals surface area contributed by atoms with Gasteiger partial charge in [-0.15, -0.1) is 0 Å². The number of aliphatic hydroxyl groups excluding tert-OH is 1. The SMILES string of the molecule is Cc1nc2c(ncn2CC(=O)N(CCN)CC(=O)NCCN(CC(=O)O)C(=O)Cn2cc(C#CCCC(=O)OCC3CN(C)C(Cc4ccccc4)CN3C)c3c(N)ncnc32)c(=O)[nH]1.Cc1nccn1P(=O)([O-])C[C@H]1O[C@@H](n2cnc3c(N)ncnc32)CC1OP(=O)([O-])OC[C@H]1O[C@@H](n2cc(C#CCOC(=O)C(N)CC(=O)O)c(=O)[nH]c2=O)CC1O. The van der Waals surface area contributed by atoms with Crippen molar-refractivity contribution in [3.8, 4) is 23.7 Å². The minimum absolute atomic E-state index is 0.0423. The normalized spacial score (nSPS) is 19.7. The molecule has 11 heterocycles. The fraction of sp³-hybridized carbons (Fsp3) is 0.452. The number of nitrogens with zero attached hydrogens (tertiary/aromatic N) is 17. The van der Waals surface area contributed by atoms with Crippen molar-refractivity contribution in [1.82, 2.24) is 97.4 Å². The number of benzene rings is 1. The van der Waals surface area contributed by atoms with E-state index in [-0.39, 0.29) is 141 Å². The molecule has 47 nitrogen and oxygen atoms in total. The van der Waals surface area contributed by atoms with Gasteiger partial charge in [0.05, 0.1) is 74.0 Å². The quantitative estimate of drug-likeness (QED) is 0.0106. The highest BCUT2D eigenvalue weighted by Crippen LogP contribution is 2.50. The van der Waals surface area contributed by atoms with Crippen LogP contribution in [0.15, 0.2) is 94.8 Å². The van der Waals surface area contributed by atoms with Crippen LogP contribution in [0.2, 0.25) is 0 Å². The van der Waals surface area contributed by atoms with Gasteiger partial charge >= 0.3 is 29.6 Å². The topological polar surface area (TPSA) is 655 Å². The maximum Gasteiger partial charge on any atom is 0.330 e. The van der Waals surface area contributed by atoms with E-state index in [1.54, 1.807) is 13.1 Å². The van der Waals surface area contributed by atoms with Crippen molar-refractivity contribution in [3.05, 3.63) is 140 Å². The number of aryl methyl sites for hydroxylation is 2. The Labute approximate surface area is 691 Å². The molecule has 122 heavy (non-hydrogen) atoms. The Kier molecular flexibility index (Phi) is 29.9.